The number of urea groups is 1. The van der Waals surface area contributed by atoms with E-state index in [0.717, 1.165) is 33.0 Å². The Labute approximate surface area is 169 Å². The SMILES string of the molecule is COc1ccc(-c2cccc(OCc3c(C)cccc3N(N)C(=O)NN)c2)cc1. The third-order valence-corrected chi connectivity index (χ3v) is 4.63. The number of rotatable bonds is 6. The standard InChI is InChI=1S/C22H24N4O3/c1-15-5-3-8-21(26(24)22(27)25-23)20(15)14-29-19-7-4-6-17(13-19)16-9-11-18(28-2)12-10-16/h3-13H,14,23-24H2,1-2H3,(H,25,27). The Kier molecular flexibility index (Phi) is 6.33. The summed E-state index contributed by atoms with van der Waals surface area (Å²) in [5, 5.41) is 0.972. The molecule has 0 fully saturated rings. The van der Waals surface area contributed by atoms with Crippen molar-refractivity contribution in [2.24, 2.45) is 11.7 Å². The fourth-order valence-electron chi connectivity index (χ4n) is 2.98. The van der Waals surface area contributed by atoms with Crippen LogP contribution in [0.3, 0.4) is 0 Å². The molecule has 0 atom stereocenters. The molecule has 3 rings (SSSR count). The molecule has 0 aliphatic rings. The van der Waals surface area contributed by atoms with E-state index in [2.05, 4.69) is 0 Å². The van der Waals surface area contributed by atoms with E-state index >= 15 is 0 Å². The highest BCUT2D eigenvalue weighted by atomic mass is 16.5. The van der Waals surface area contributed by atoms with E-state index in [9.17, 15) is 4.79 Å². The molecule has 7 nitrogen and oxygen atoms in total. The van der Waals surface area contributed by atoms with Gasteiger partial charge in [-0.15, -0.1) is 0 Å². The molecule has 3 aromatic carbocycles. The second kappa shape index (κ2) is 9.09. The Balaban J connectivity index is 1.81. The lowest BCUT2D eigenvalue weighted by Gasteiger charge is -2.21. The van der Waals surface area contributed by atoms with Crippen LogP contribution in [-0.4, -0.2) is 13.1 Å². The van der Waals surface area contributed by atoms with Gasteiger partial charge >= 0.3 is 6.03 Å². The highest BCUT2D eigenvalue weighted by Crippen LogP contribution is 2.28. The molecule has 0 aromatic heterocycles. The molecular weight excluding hydrogens is 368 g/mol. The lowest BCUT2D eigenvalue weighted by atomic mass is 10.1. The largest absolute Gasteiger partial charge is 0.497 e. The van der Waals surface area contributed by atoms with Crippen LogP contribution in [0, 0.1) is 6.92 Å². The van der Waals surface area contributed by atoms with Crippen molar-refractivity contribution in [1.82, 2.24) is 5.43 Å². The predicted molar refractivity (Wildman–Crippen MR) is 113 cm³/mol. The molecule has 0 saturated carbocycles. The summed E-state index contributed by atoms with van der Waals surface area (Å²) < 4.78 is 11.2. The number of nitrogens with one attached hydrogen (secondary N) is 1. The summed E-state index contributed by atoms with van der Waals surface area (Å²) in [5.41, 5.74) is 6.39. The van der Waals surface area contributed by atoms with Gasteiger partial charge in [-0.3, -0.25) is 5.43 Å². The molecular formula is C22H24N4O3. The van der Waals surface area contributed by atoms with Gasteiger partial charge in [-0.05, 0) is 53.9 Å². The molecule has 0 saturated heterocycles. The first kappa shape index (κ1) is 20.2. The molecule has 0 aliphatic carbocycles. The normalized spacial score (nSPS) is 10.3. The molecule has 0 heterocycles. The maximum Gasteiger partial charge on any atom is 0.350 e. The summed E-state index contributed by atoms with van der Waals surface area (Å²) in [5.74, 6) is 12.6. The highest BCUT2D eigenvalue weighted by Gasteiger charge is 2.16. The number of benzene rings is 3. The zero-order valence-corrected chi connectivity index (χ0v) is 16.4. The number of anilines is 1. The molecule has 7 heteroatoms. The zero-order valence-electron chi connectivity index (χ0n) is 16.4. The first-order valence-electron chi connectivity index (χ1n) is 9.04. The van der Waals surface area contributed by atoms with Crippen LogP contribution in [0.15, 0.2) is 66.7 Å². The van der Waals surface area contributed by atoms with Crippen molar-refractivity contribution in [3.63, 3.8) is 0 Å². The lowest BCUT2D eigenvalue weighted by Crippen LogP contribution is -2.48. The van der Waals surface area contributed by atoms with Crippen LogP contribution in [0.1, 0.15) is 11.1 Å². The Morgan fingerprint density at radius 2 is 1.72 bits per heavy atom. The number of carbonyl (C=O) groups is 1. The van der Waals surface area contributed by atoms with Gasteiger partial charge in [-0.1, -0.05) is 36.4 Å². The highest BCUT2D eigenvalue weighted by molar-refractivity contribution is 5.91. The van der Waals surface area contributed by atoms with Crippen LogP contribution in [0.5, 0.6) is 11.5 Å². The third kappa shape index (κ3) is 4.66. The molecule has 3 aromatic rings. The van der Waals surface area contributed by atoms with Gasteiger partial charge in [-0.2, -0.15) is 0 Å². The number of nitrogens with zero attached hydrogens (tertiary/aromatic N) is 1. The third-order valence-electron chi connectivity index (χ3n) is 4.63. The van der Waals surface area contributed by atoms with E-state index in [-0.39, 0.29) is 6.61 Å². The second-order valence-corrected chi connectivity index (χ2v) is 6.44. The van der Waals surface area contributed by atoms with E-state index in [1.54, 1.807) is 13.2 Å². The van der Waals surface area contributed by atoms with E-state index in [1.165, 1.54) is 0 Å². The van der Waals surface area contributed by atoms with Gasteiger partial charge in [0.25, 0.3) is 0 Å². The number of amides is 2. The van der Waals surface area contributed by atoms with Gasteiger partial charge in [0.1, 0.15) is 18.1 Å². The molecule has 29 heavy (non-hydrogen) atoms. The number of hydrazine groups is 2. The van der Waals surface area contributed by atoms with E-state index < -0.39 is 6.03 Å². The van der Waals surface area contributed by atoms with Gasteiger partial charge < -0.3 is 9.47 Å². The number of hydrogen-bond donors (Lipinski definition) is 3. The summed E-state index contributed by atoms with van der Waals surface area (Å²) in [6.45, 7) is 2.18. The van der Waals surface area contributed by atoms with Crippen molar-refractivity contribution >= 4 is 11.7 Å². The second-order valence-electron chi connectivity index (χ2n) is 6.44. The molecule has 0 radical (unpaired) electrons. The lowest BCUT2D eigenvalue weighted by molar-refractivity contribution is 0.246. The number of hydrogen-bond acceptors (Lipinski definition) is 5. The van der Waals surface area contributed by atoms with E-state index in [0.29, 0.717) is 11.4 Å². The zero-order chi connectivity index (χ0) is 20.8. The Morgan fingerprint density at radius 1 is 1.00 bits per heavy atom. The van der Waals surface area contributed by atoms with Crippen LogP contribution in [0.2, 0.25) is 0 Å². The van der Waals surface area contributed by atoms with Gasteiger partial charge in [0.2, 0.25) is 0 Å². The molecule has 2 amide bonds. The van der Waals surface area contributed by atoms with Crippen molar-refractivity contribution in [1.29, 1.82) is 0 Å². The first-order valence-corrected chi connectivity index (χ1v) is 9.04. The minimum Gasteiger partial charge on any atom is -0.497 e. The van der Waals surface area contributed by atoms with E-state index in [4.69, 9.17) is 21.2 Å². The van der Waals surface area contributed by atoms with Gasteiger partial charge in [0.15, 0.2) is 0 Å². The fraction of sp³-hybridized carbons (Fsp3) is 0.136. The summed E-state index contributed by atoms with van der Waals surface area (Å²) in [7, 11) is 1.64. The first-order chi connectivity index (χ1) is 14.0. The maximum atomic E-state index is 11.8. The van der Waals surface area contributed by atoms with Crippen LogP contribution >= 0.6 is 0 Å². The number of methoxy groups -OCH3 is 1. The summed E-state index contributed by atoms with van der Waals surface area (Å²) in [6.07, 6.45) is 0. The number of aryl methyl sites for hydroxylation is 1. The van der Waals surface area contributed by atoms with Gasteiger partial charge in [-0.25, -0.2) is 21.5 Å². The summed E-state index contributed by atoms with van der Waals surface area (Å²) in [4.78, 5) is 11.8. The molecule has 0 spiro atoms. The van der Waals surface area contributed by atoms with Crippen molar-refractivity contribution in [3.05, 3.63) is 77.9 Å². The Bertz CT molecular complexity index is 990. The topological polar surface area (TPSA) is 103 Å². The average molecular weight is 392 g/mol. The monoisotopic (exact) mass is 392 g/mol. The van der Waals surface area contributed by atoms with E-state index in [1.807, 2.05) is 73.0 Å². The van der Waals surface area contributed by atoms with Gasteiger partial charge in [0.05, 0.1) is 12.8 Å². The molecule has 0 bridgehead atoms. The minimum absolute atomic E-state index is 0.250. The smallest absolute Gasteiger partial charge is 0.350 e. The maximum absolute atomic E-state index is 11.8. The summed E-state index contributed by atoms with van der Waals surface area (Å²) in [6, 6.07) is 20.5. The molecule has 0 aliphatic heterocycles. The minimum atomic E-state index is -0.613. The average Bonchev–Trinajstić information content (AvgIpc) is 2.77. The molecule has 150 valence electrons. The summed E-state index contributed by atoms with van der Waals surface area (Å²) >= 11 is 0. The van der Waals surface area contributed by atoms with Crippen LogP contribution in [0.25, 0.3) is 11.1 Å². The predicted octanol–water partition coefficient (Wildman–Crippen LogP) is 3.51. The van der Waals surface area contributed by atoms with Crippen molar-refractivity contribution in [2.75, 3.05) is 12.1 Å². The van der Waals surface area contributed by atoms with Crippen molar-refractivity contribution < 1.29 is 14.3 Å². The Hall–Kier alpha value is -3.55. The van der Waals surface area contributed by atoms with Gasteiger partial charge in [0, 0.05) is 5.56 Å². The number of carbonyl (C=O) groups excluding carboxylic acids is 1. The van der Waals surface area contributed by atoms with Crippen LogP contribution in [0.4, 0.5) is 10.5 Å². The van der Waals surface area contributed by atoms with Crippen LogP contribution < -0.4 is 31.6 Å². The Morgan fingerprint density at radius 3 is 2.41 bits per heavy atom. The number of ether oxygens (including phenoxy) is 2. The van der Waals surface area contributed by atoms with Crippen molar-refractivity contribution in [2.45, 2.75) is 13.5 Å². The molecule has 5 N–H and O–H groups in total. The molecule has 0 unspecified atom stereocenters. The number of nitrogens with two attached hydrogens (primary N) is 2. The van der Waals surface area contributed by atoms with Crippen molar-refractivity contribution in [3.8, 4) is 22.6 Å². The van der Waals surface area contributed by atoms with Crippen LogP contribution in [-0.2, 0) is 6.61 Å². The fourth-order valence-corrected chi connectivity index (χ4v) is 2.98. The quantitative estimate of drug-likeness (QED) is 0.338.